The molecule has 0 spiro atoms. The first-order chi connectivity index (χ1) is 15.7. The molecule has 0 saturated carbocycles. The number of carbonyl (C=O) groups excluding carboxylic acids is 1. The largest absolute Gasteiger partial charge is 0.459 e. The molecule has 3 aromatic heterocycles. The number of likely N-dealkylation sites (N-methyl/N-ethyl adjacent to an activating group) is 1. The molecule has 6 nitrogen and oxygen atoms in total. The maximum Gasteiger partial charge on any atom is 0.291 e. The van der Waals surface area contributed by atoms with Crippen LogP contribution >= 0.6 is 11.3 Å². The number of pyridine rings is 1. The van der Waals surface area contributed by atoms with Crippen LogP contribution < -0.4 is 5.32 Å². The van der Waals surface area contributed by atoms with Gasteiger partial charge in [-0.15, -0.1) is 11.3 Å². The number of hydrogen-bond donors (Lipinski definition) is 1. The molecular formula is C25H30N4O2S. The van der Waals surface area contributed by atoms with Crippen molar-refractivity contribution in [3.63, 3.8) is 0 Å². The third-order valence-corrected chi connectivity index (χ3v) is 7.87. The number of aryl methyl sites for hydroxylation is 1. The smallest absolute Gasteiger partial charge is 0.291 e. The minimum atomic E-state index is -0.189. The summed E-state index contributed by atoms with van der Waals surface area (Å²) in [4.78, 5) is 24.2. The minimum absolute atomic E-state index is 0.0419. The number of furan rings is 1. The van der Waals surface area contributed by atoms with Gasteiger partial charge in [-0.05, 0) is 62.1 Å². The Morgan fingerprint density at radius 2 is 2.00 bits per heavy atom. The zero-order valence-corrected chi connectivity index (χ0v) is 19.4. The van der Waals surface area contributed by atoms with Crippen molar-refractivity contribution in [2.24, 2.45) is 0 Å². The van der Waals surface area contributed by atoms with Gasteiger partial charge in [0.15, 0.2) is 5.76 Å². The van der Waals surface area contributed by atoms with Gasteiger partial charge in [0.05, 0.1) is 18.0 Å². The number of thiophene rings is 1. The summed E-state index contributed by atoms with van der Waals surface area (Å²) >= 11 is 1.74. The number of fused-ring (bicyclic) bond motifs is 1. The number of piperazine rings is 1. The normalized spacial score (nSPS) is 18.3. The topological polar surface area (TPSA) is 61.6 Å². The second kappa shape index (κ2) is 9.57. The lowest BCUT2D eigenvalue weighted by Gasteiger charge is -2.39. The quantitative estimate of drug-likeness (QED) is 0.595. The van der Waals surface area contributed by atoms with Gasteiger partial charge in [-0.2, -0.15) is 0 Å². The van der Waals surface area contributed by atoms with Gasteiger partial charge in [-0.1, -0.05) is 13.0 Å². The van der Waals surface area contributed by atoms with Crippen molar-refractivity contribution in [3.05, 3.63) is 70.3 Å². The van der Waals surface area contributed by atoms with E-state index in [0.29, 0.717) is 5.76 Å². The van der Waals surface area contributed by atoms with E-state index in [4.69, 9.17) is 9.40 Å². The third kappa shape index (κ3) is 4.25. The molecule has 3 aromatic rings. The molecule has 0 aromatic carbocycles. The van der Waals surface area contributed by atoms with Crippen LogP contribution in [-0.2, 0) is 12.8 Å². The lowest BCUT2D eigenvalue weighted by molar-refractivity contribution is 0.0995. The van der Waals surface area contributed by atoms with Crippen LogP contribution in [-0.4, -0.2) is 53.4 Å². The molecule has 1 amide bonds. The van der Waals surface area contributed by atoms with Gasteiger partial charge in [-0.25, -0.2) is 0 Å². The van der Waals surface area contributed by atoms with Crippen LogP contribution in [0.4, 0.5) is 5.00 Å². The van der Waals surface area contributed by atoms with E-state index in [-0.39, 0.29) is 11.9 Å². The molecule has 4 heterocycles. The average Bonchev–Trinajstić information content (AvgIpc) is 3.50. The predicted molar refractivity (Wildman–Crippen MR) is 127 cm³/mol. The molecule has 32 heavy (non-hydrogen) atoms. The molecule has 1 aliphatic heterocycles. The highest BCUT2D eigenvalue weighted by Gasteiger charge is 2.34. The molecule has 1 saturated heterocycles. The Balaban J connectivity index is 1.57. The van der Waals surface area contributed by atoms with Crippen molar-refractivity contribution >= 4 is 22.2 Å². The number of anilines is 1. The number of hydrogen-bond acceptors (Lipinski definition) is 6. The van der Waals surface area contributed by atoms with E-state index in [0.717, 1.165) is 56.3 Å². The lowest BCUT2D eigenvalue weighted by Crippen LogP contribution is -2.48. The van der Waals surface area contributed by atoms with Gasteiger partial charge in [0.25, 0.3) is 5.91 Å². The highest BCUT2D eigenvalue weighted by molar-refractivity contribution is 7.16. The van der Waals surface area contributed by atoms with Crippen molar-refractivity contribution in [1.82, 2.24) is 14.8 Å². The van der Waals surface area contributed by atoms with E-state index in [1.54, 1.807) is 29.7 Å². The molecule has 7 heteroatoms. The van der Waals surface area contributed by atoms with Crippen molar-refractivity contribution in [3.8, 4) is 0 Å². The Morgan fingerprint density at radius 1 is 1.16 bits per heavy atom. The van der Waals surface area contributed by atoms with Gasteiger partial charge in [0.2, 0.25) is 0 Å². The van der Waals surface area contributed by atoms with Gasteiger partial charge in [-0.3, -0.25) is 14.7 Å². The number of amides is 1. The van der Waals surface area contributed by atoms with Crippen molar-refractivity contribution < 1.29 is 9.21 Å². The fourth-order valence-corrected chi connectivity index (χ4v) is 6.25. The summed E-state index contributed by atoms with van der Waals surface area (Å²) in [5.74, 6) is 0.152. The second-order valence-electron chi connectivity index (χ2n) is 8.51. The van der Waals surface area contributed by atoms with Crippen LogP contribution in [0.1, 0.15) is 58.1 Å². The maximum atomic E-state index is 12.9. The first kappa shape index (κ1) is 21.4. The zero-order chi connectivity index (χ0) is 21.9. The molecule has 0 bridgehead atoms. The average molecular weight is 451 g/mol. The number of nitrogens with zero attached hydrogens (tertiary/aromatic N) is 3. The summed E-state index contributed by atoms with van der Waals surface area (Å²) < 4.78 is 5.36. The van der Waals surface area contributed by atoms with Crippen molar-refractivity contribution in [1.29, 1.82) is 0 Å². The van der Waals surface area contributed by atoms with E-state index < -0.39 is 0 Å². The predicted octanol–water partition coefficient (Wildman–Crippen LogP) is 4.59. The molecule has 168 valence electrons. The Hall–Kier alpha value is -2.48. The number of nitrogens with one attached hydrogen (secondary N) is 1. The number of aromatic nitrogens is 1. The molecule has 2 aliphatic rings. The van der Waals surface area contributed by atoms with Gasteiger partial charge < -0.3 is 14.6 Å². The summed E-state index contributed by atoms with van der Waals surface area (Å²) in [6, 6.07) is 9.67. The molecule has 1 N–H and O–H groups in total. The first-order valence-electron chi connectivity index (χ1n) is 11.6. The second-order valence-corrected chi connectivity index (χ2v) is 9.62. The van der Waals surface area contributed by atoms with Crippen molar-refractivity contribution in [2.75, 3.05) is 38.0 Å². The van der Waals surface area contributed by atoms with E-state index in [1.165, 1.54) is 28.8 Å². The minimum Gasteiger partial charge on any atom is -0.459 e. The molecule has 5 rings (SSSR count). The molecule has 0 radical (unpaired) electrons. The van der Waals surface area contributed by atoms with E-state index >= 15 is 0 Å². The SMILES string of the molecule is CCN1CCN([C@@H](c2ccccn2)c2c(NC(=O)c3ccco3)sc3c2CCCC3)CC1. The Kier molecular flexibility index (Phi) is 6.39. The van der Waals surface area contributed by atoms with Crippen LogP contribution in [0, 0.1) is 0 Å². The van der Waals surface area contributed by atoms with Crippen LogP contribution in [0.3, 0.4) is 0 Å². The highest BCUT2D eigenvalue weighted by atomic mass is 32.1. The fraction of sp³-hybridized carbons (Fsp3) is 0.440. The standard InChI is InChI=1S/C25H30N4O2S/c1-2-28-13-15-29(16-14-28)23(19-9-5-6-12-26-19)22-18-8-3-4-11-21(18)32-25(22)27-24(30)20-10-7-17-31-20/h5-7,9-10,12,17,23H,2-4,8,11,13-16H2,1H3,(H,27,30)/t23-/m0/s1. The first-order valence-corrected chi connectivity index (χ1v) is 12.4. The summed E-state index contributed by atoms with van der Waals surface area (Å²) in [5, 5.41) is 4.15. The van der Waals surface area contributed by atoms with Gasteiger partial charge in [0.1, 0.15) is 5.00 Å². The van der Waals surface area contributed by atoms with Gasteiger partial charge in [0, 0.05) is 42.8 Å². The summed E-state index contributed by atoms with van der Waals surface area (Å²) in [7, 11) is 0. The van der Waals surface area contributed by atoms with Crippen LogP contribution in [0.25, 0.3) is 0 Å². The molecule has 1 atom stereocenters. The zero-order valence-electron chi connectivity index (χ0n) is 18.5. The third-order valence-electron chi connectivity index (χ3n) is 6.64. The summed E-state index contributed by atoms with van der Waals surface area (Å²) in [6.45, 7) is 7.40. The fourth-order valence-electron chi connectivity index (χ4n) is 4.94. The lowest BCUT2D eigenvalue weighted by atomic mass is 9.90. The Morgan fingerprint density at radius 3 is 2.72 bits per heavy atom. The Bertz CT molecular complexity index is 1040. The van der Waals surface area contributed by atoms with Crippen LogP contribution in [0.15, 0.2) is 47.2 Å². The molecule has 0 unspecified atom stereocenters. The molecular weight excluding hydrogens is 420 g/mol. The number of carbonyl (C=O) groups is 1. The van der Waals surface area contributed by atoms with Gasteiger partial charge >= 0.3 is 0 Å². The maximum absolute atomic E-state index is 12.9. The number of rotatable bonds is 6. The monoisotopic (exact) mass is 450 g/mol. The van der Waals surface area contributed by atoms with Crippen molar-refractivity contribution in [2.45, 2.75) is 38.6 Å². The summed E-state index contributed by atoms with van der Waals surface area (Å²) in [6.07, 6.45) is 7.98. The van der Waals surface area contributed by atoms with E-state index in [1.807, 2.05) is 12.3 Å². The van der Waals surface area contributed by atoms with E-state index in [2.05, 4.69) is 34.2 Å². The van der Waals surface area contributed by atoms with Crippen LogP contribution in [0.2, 0.25) is 0 Å². The van der Waals surface area contributed by atoms with Crippen LogP contribution in [0.5, 0.6) is 0 Å². The summed E-state index contributed by atoms with van der Waals surface area (Å²) in [5.41, 5.74) is 3.72. The molecule has 1 aliphatic carbocycles. The molecule has 1 fully saturated rings. The Labute approximate surface area is 193 Å². The highest BCUT2D eigenvalue weighted by Crippen LogP contribution is 2.45. The van der Waals surface area contributed by atoms with E-state index in [9.17, 15) is 4.79 Å².